The molecule has 6 aromatic carbocycles. The molecule has 0 bridgehead atoms. The Labute approximate surface area is 499 Å². The minimum Gasteiger partial charge on any atom is -0.452 e. The van der Waals surface area contributed by atoms with E-state index in [-0.39, 0.29) is 44.9 Å². The molecule has 0 saturated carbocycles. The molecular weight excluding hydrogens is 1080 g/mol. The van der Waals surface area contributed by atoms with E-state index >= 15 is 0 Å². The molecule has 5 aliphatic rings. The number of hydrogen-bond donors (Lipinski definition) is 1. The Balaban J connectivity index is 0.881. The minimum atomic E-state index is -1.01. The number of fused-ring (bicyclic) bond motifs is 1. The van der Waals surface area contributed by atoms with Crippen LogP contribution in [0.5, 0.6) is 0 Å². The van der Waals surface area contributed by atoms with E-state index in [4.69, 9.17) is 76.5 Å². The van der Waals surface area contributed by atoms with Gasteiger partial charge in [-0.3, -0.25) is 5.41 Å². The van der Waals surface area contributed by atoms with E-state index in [1.54, 1.807) is 6.92 Å². The summed E-state index contributed by atoms with van der Waals surface area (Å²) in [6, 6.07) is 60.1. The van der Waals surface area contributed by atoms with Gasteiger partial charge in [0.2, 0.25) is 6.29 Å². The van der Waals surface area contributed by atoms with Crippen molar-refractivity contribution in [2.45, 2.75) is 160 Å². The van der Waals surface area contributed by atoms with Crippen LogP contribution < -0.4 is 0 Å². The minimum absolute atomic E-state index is 0.000489. The topological polar surface area (TPSA) is 162 Å². The molecule has 0 amide bonds. The van der Waals surface area contributed by atoms with Crippen molar-refractivity contribution in [2.75, 3.05) is 26.4 Å². The van der Waals surface area contributed by atoms with E-state index in [1.807, 2.05) is 196 Å². The summed E-state index contributed by atoms with van der Waals surface area (Å²) < 4.78 is 103. The third-order valence-electron chi connectivity index (χ3n) is 16.5. The molecular formula is C69H81NO15. The highest BCUT2D eigenvalue weighted by Crippen LogP contribution is 2.47. The zero-order valence-corrected chi connectivity index (χ0v) is 49.1. The average molecular weight is 1160 g/mol. The summed E-state index contributed by atoms with van der Waals surface area (Å²) in [5.74, 6) is -1.12. The smallest absolute Gasteiger partial charge is 0.206 e. The summed E-state index contributed by atoms with van der Waals surface area (Å²) in [6.45, 7) is 12.0. The van der Waals surface area contributed by atoms with Crippen LogP contribution in [0.25, 0.3) is 0 Å². The van der Waals surface area contributed by atoms with E-state index in [9.17, 15) is 0 Å². The van der Waals surface area contributed by atoms with Crippen molar-refractivity contribution >= 4 is 5.90 Å². The normalized spacial score (nSPS) is 32.8. The SMILES string of the molecule is CC(=N)O[C@@H]1OC(C)[C@H](O[C@@H]2OC[C@@H](C)C(O[C@@H]3OC[C@]4(COCc5ccccc5)O[C@@H](c5ccccc5)OC34)[C@H]2OCc2ccccc2)C(O[C@@H]2OC(COCc3ccccc3)[C@@H](OCc3ccccc3)C(OCc3ccccc3)[C@H]2C)[C@@H]1C. The highest BCUT2D eigenvalue weighted by atomic mass is 16.8. The summed E-state index contributed by atoms with van der Waals surface area (Å²) in [5, 5.41) is 8.44. The van der Waals surface area contributed by atoms with Crippen LogP contribution in [0.4, 0.5) is 0 Å². The Morgan fingerprint density at radius 2 is 0.953 bits per heavy atom. The molecule has 18 atom stereocenters. The molecule has 6 aromatic rings. The summed E-state index contributed by atoms with van der Waals surface area (Å²) in [5.41, 5.74) is 4.94. The number of ether oxygens (including phenoxy) is 15. The lowest BCUT2D eigenvalue weighted by Crippen LogP contribution is -2.63. The number of hydrogen-bond acceptors (Lipinski definition) is 16. The fourth-order valence-electron chi connectivity index (χ4n) is 11.9. The van der Waals surface area contributed by atoms with Gasteiger partial charge in [-0.05, 0) is 34.7 Å². The second-order valence-corrected chi connectivity index (χ2v) is 23.0. The van der Waals surface area contributed by atoms with E-state index in [2.05, 4.69) is 13.8 Å². The van der Waals surface area contributed by atoms with E-state index in [0.29, 0.717) is 26.4 Å². The van der Waals surface area contributed by atoms with Gasteiger partial charge in [0.05, 0.1) is 83.9 Å². The van der Waals surface area contributed by atoms with E-state index < -0.39 is 104 Å². The summed E-state index contributed by atoms with van der Waals surface area (Å²) >= 11 is 0. The van der Waals surface area contributed by atoms with Crippen LogP contribution in [0.3, 0.4) is 0 Å². The van der Waals surface area contributed by atoms with Crippen LogP contribution in [-0.4, -0.2) is 118 Å². The first-order valence-electron chi connectivity index (χ1n) is 29.9. The molecule has 0 radical (unpaired) electrons. The zero-order valence-electron chi connectivity index (χ0n) is 49.1. The van der Waals surface area contributed by atoms with Gasteiger partial charge in [-0.25, -0.2) is 0 Å². The maximum atomic E-state index is 8.44. The maximum Gasteiger partial charge on any atom is 0.206 e. The first kappa shape index (κ1) is 60.9. The fourth-order valence-corrected chi connectivity index (χ4v) is 11.9. The van der Waals surface area contributed by atoms with Gasteiger partial charge in [-0.1, -0.05) is 203 Å². The van der Waals surface area contributed by atoms with Crippen molar-refractivity contribution in [3.63, 3.8) is 0 Å². The van der Waals surface area contributed by atoms with Gasteiger partial charge in [0.1, 0.15) is 36.1 Å². The molecule has 16 nitrogen and oxygen atoms in total. The molecule has 11 rings (SSSR count). The second-order valence-electron chi connectivity index (χ2n) is 23.0. The van der Waals surface area contributed by atoms with Gasteiger partial charge in [0, 0.05) is 30.2 Å². The predicted molar refractivity (Wildman–Crippen MR) is 314 cm³/mol. The van der Waals surface area contributed by atoms with Crippen LogP contribution in [0.15, 0.2) is 182 Å². The lowest BCUT2D eigenvalue weighted by molar-refractivity contribution is -0.370. The number of rotatable bonds is 25. The standard InChI is InChI=1S/C69H81NO15/c1-45-36-76-67(62(75-41-54-32-20-10-21-33-54)57(45)81-68-63-69(44-77-68,43-72-38-51-26-14-7-15-27-51)85-66(84-63)55-34-22-11-23-35-55)83-60-48(4)78-64(79-49(5)70)47(3)59(60)82-65-46(2)58(73-39-52-28-16-8-17-29-52)61(74-40-53-30-18-9-19-31-53)56(80-65)42-71-37-50-24-12-6-13-25-50/h6-35,45-48,56-68,70H,36-44H2,1-5H3/t45-,46-,47+,48?,56?,57?,58?,59?,60+,61-,62-,63?,64+,65+,66+,67+,68+,69+/m1/s1. The van der Waals surface area contributed by atoms with Crippen LogP contribution in [0, 0.1) is 23.2 Å². The summed E-state index contributed by atoms with van der Waals surface area (Å²) in [6.07, 6.45) is -10.4. The highest BCUT2D eigenvalue weighted by Gasteiger charge is 2.61. The molecule has 0 aliphatic carbocycles. The maximum absolute atomic E-state index is 8.44. The summed E-state index contributed by atoms with van der Waals surface area (Å²) in [7, 11) is 0. The molecule has 5 saturated heterocycles. The van der Waals surface area contributed by atoms with Crippen molar-refractivity contribution in [3.05, 3.63) is 215 Å². The molecule has 85 heavy (non-hydrogen) atoms. The third-order valence-corrected chi connectivity index (χ3v) is 16.5. The Hall–Kier alpha value is -5.77. The predicted octanol–water partition coefficient (Wildman–Crippen LogP) is 11.3. The lowest BCUT2D eigenvalue weighted by Gasteiger charge is -2.50. The largest absolute Gasteiger partial charge is 0.452 e. The Morgan fingerprint density at radius 3 is 1.52 bits per heavy atom. The molecule has 16 heteroatoms. The highest BCUT2D eigenvalue weighted by molar-refractivity contribution is 5.69. The summed E-state index contributed by atoms with van der Waals surface area (Å²) in [4.78, 5) is 0. The van der Waals surface area contributed by atoms with Gasteiger partial charge in [-0.2, -0.15) is 0 Å². The molecule has 5 aliphatic heterocycles. The van der Waals surface area contributed by atoms with Crippen molar-refractivity contribution < 1.29 is 71.1 Å². The fraction of sp³-hybridized carbons (Fsp3) is 0.464. The number of benzene rings is 6. The molecule has 6 unspecified atom stereocenters. The van der Waals surface area contributed by atoms with Crippen molar-refractivity contribution in [1.29, 1.82) is 5.41 Å². The monoisotopic (exact) mass is 1160 g/mol. The first-order chi connectivity index (χ1) is 41.6. The third kappa shape index (κ3) is 15.3. The second kappa shape index (κ2) is 29.3. The average Bonchev–Trinajstić information content (AvgIpc) is 2.17. The zero-order chi connectivity index (χ0) is 58.5. The van der Waals surface area contributed by atoms with Gasteiger partial charge in [-0.15, -0.1) is 0 Å². The van der Waals surface area contributed by atoms with Crippen LogP contribution in [0.1, 0.15) is 74.3 Å². The van der Waals surface area contributed by atoms with E-state index in [0.717, 1.165) is 33.4 Å². The molecule has 0 aromatic heterocycles. The lowest BCUT2D eigenvalue weighted by atomic mass is 9.89. The van der Waals surface area contributed by atoms with Gasteiger partial charge >= 0.3 is 0 Å². The van der Waals surface area contributed by atoms with Crippen LogP contribution in [-0.2, 0) is 104 Å². The molecule has 1 N–H and O–H groups in total. The van der Waals surface area contributed by atoms with Crippen molar-refractivity contribution in [1.82, 2.24) is 0 Å². The number of nitrogens with one attached hydrogen (secondary N) is 1. The molecule has 5 heterocycles. The Morgan fingerprint density at radius 1 is 0.471 bits per heavy atom. The van der Waals surface area contributed by atoms with Crippen LogP contribution >= 0.6 is 0 Å². The molecule has 5 fully saturated rings. The first-order valence-corrected chi connectivity index (χ1v) is 29.9. The van der Waals surface area contributed by atoms with Gasteiger partial charge in [0.25, 0.3) is 0 Å². The van der Waals surface area contributed by atoms with Crippen molar-refractivity contribution in [2.24, 2.45) is 17.8 Å². The van der Waals surface area contributed by atoms with Crippen molar-refractivity contribution in [3.8, 4) is 0 Å². The molecule has 452 valence electrons. The van der Waals surface area contributed by atoms with Gasteiger partial charge in [0.15, 0.2) is 31.1 Å². The van der Waals surface area contributed by atoms with E-state index in [1.165, 1.54) is 0 Å². The van der Waals surface area contributed by atoms with Crippen LogP contribution in [0.2, 0.25) is 0 Å². The Bertz CT molecular complexity index is 2940. The van der Waals surface area contributed by atoms with Gasteiger partial charge < -0.3 is 71.1 Å². The quantitative estimate of drug-likeness (QED) is 0.0425. The molecule has 0 spiro atoms. The Kier molecular flexibility index (Phi) is 21.0.